The van der Waals surface area contributed by atoms with E-state index in [2.05, 4.69) is 5.32 Å². The fourth-order valence-electron chi connectivity index (χ4n) is 2.01. The van der Waals surface area contributed by atoms with Gasteiger partial charge in [0.15, 0.2) is 0 Å². The van der Waals surface area contributed by atoms with Crippen molar-refractivity contribution in [2.45, 2.75) is 19.8 Å². The summed E-state index contributed by atoms with van der Waals surface area (Å²) in [6.07, 6.45) is 0.762. The van der Waals surface area contributed by atoms with Gasteiger partial charge in [0.2, 0.25) is 5.91 Å². The van der Waals surface area contributed by atoms with Crippen LogP contribution in [0.3, 0.4) is 0 Å². The second-order valence-electron chi connectivity index (χ2n) is 5.09. The summed E-state index contributed by atoms with van der Waals surface area (Å²) in [5, 5.41) is 13.4. The van der Waals surface area contributed by atoms with E-state index >= 15 is 0 Å². The van der Waals surface area contributed by atoms with Gasteiger partial charge in [-0.2, -0.15) is 0 Å². The van der Waals surface area contributed by atoms with Crippen LogP contribution in [-0.2, 0) is 4.79 Å². The van der Waals surface area contributed by atoms with Gasteiger partial charge in [0, 0.05) is 12.5 Å². The number of carbonyl (C=O) groups excluding carboxylic acids is 1. The van der Waals surface area contributed by atoms with E-state index in [-0.39, 0.29) is 23.7 Å². The first-order chi connectivity index (χ1) is 11.1. The molecule has 0 fully saturated rings. The van der Waals surface area contributed by atoms with E-state index in [1.165, 1.54) is 12.1 Å². The molecule has 2 aromatic rings. The lowest BCUT2D eigenvalue weighted by Gasteiger charge is -2.07. The maximum atomic E-state index is 11.9. The Hall–Kier alpha value is -2.89. The number of ether oxygens (including phenoxy) is 1. The molecular formula is C17H18N2O4. The molecule has 0 unspecified atom stereocenters. The number of nitro benzene ring substituents is 1. The van der Waals surface area contributed by atoms with Gasteiger partial charge in [0.1, 0.15) is 11.4 Å². The van der Waals surface area contributed by atoms with E-state index in [1.54, 1.807) is 12.1 Å². The highest BCUT2D eigenvalue weighted by atomic mass is 16.6. The number of para-hydroxylation sites is 2. The number of hydrogen-bond donors (Lipinski definition) is 1. The second-order valence-corrected chi connectivity index (χ2v) is 5.09. The number of nitro groups is 1. The normalized spacial score (nSPS) is 10.1. The molecule has 0 aromatic heterocycles. The van der Waals surface area contributed by atoms with E-state index in [0.717, 1.165) is 11.3 Å². The van der Waals surface area contributed by atoms with Gasteiger partial charge in [-0.15, -0.1) is 0 Å². The summed E-state index contributed by atoms with van der Waals surface area (Å²) < 4.78 is 5.54. The van der Waals surface area contributed by atoms with Crippen LogP contribution >= 0.6 is 0 Å². The lowest BCUT2D eigenvalue weighted by Crippen LogP contribution is -2.13. The zero-order chi connectivity index (χ0) is 16.7. The molecule has 0 aliphatic carbocycles. The highest BCUT2D eigenvalue weighted by Crippen LogP contribution is 2.23. The standard InChI is InChI=1S/C17H18N2O4/c1-13-8-10-14(11-9-13)23-12-4-7-17(20)18-15-5-2-3-6-16(15)19(21)22/h2-3,5-6,8-11H,4,7,12H2,1H3,(H,18,20). The number of benzene rings is 2. The van der Waals surface area contributed by atoms with Crippen molar-refractivity contribution >= 4 is 17.3 Å². The molecule has 0 saturated carbocycles. The number of anilines is 1. The Morgan fingerprint density at radius 3 is 2.57 bits per heavy atom. The largest absolute Gasteiger partial charge is 0.494 e. The van der Waals surface area contributed by atoms with Gasteiger partial charge in [-0.25, -0.2) is 0 Å². The van der Waals surface area contributed by atoms with Crippen LogP contribution in [-0.4, -0.2) is 17.4 Å². The third-order valence-electron chi connectivity index (χ3n) is 3.21. The Morgan fingerprint density at radius 2 is 1.87 bits per heavy atom. The topological polar surface area (TPSA) is 81.5 Å². The predicted molar refractivity (Wildman–Crippen MR) is 87.6 cm³/mol. The van der Waals surface area contributed by atoms with Crippen LogP contribution in [0.1, 0.15) is 18.4 Å². The first-order valence-corrected chi connectivity index (χ1v) is 7.29. The lowest BCUT2D eigenvalue weighted by atomic mass is 10.2. The minimum absolute atomic E-state index is 0.114. The quantitative estimate of drug-likeness (QED) is 0.480. The molecule has 6 heteroatoms. The molecule has 0 heterocycles. The molecule has 0 radical (unpaired) electrons. The van der Waals surface area contributed by atoms with Crippen LogP contribution in [0, 0.1) is 17.0 Å². The summed E-state index contributed by atoms with van der Waals surface area (Å²) in [6, 6.07) is 13.7. The molecule has 0 spiro atoms. The average Bonchev–Trinajstić information content (AvgIpc) is 2.53. The number of carbonyl (C=O) groups is 1. The van der Waals surface area contributed by atoms with Crippen molar-refractivity contribution in [2.75, 3.05) is 11.9 Å². The van der Waals surface area contributed by atoms with E-state index in [1.807, 2.05) is 31.2 Å². The summed E-state index contributed by atoms with van der Waals surface area (Å²) in [7, 11) is 0. The Labute approximate surface area is 134 Å². The molecular weight excluding hydrogens is 296 g/mol. The van der Waals surface area contributed by atoms with Gasteiger partial charge < -0.3 is 10.1 Å². The second kappa shape index (κ2) is 7.93. The zero-order valence-corrected chi connectivity index (χ0v) is 12.8. The number of nitrogens with one attached hydrogen (secondary N) is 1. The maximum Gasteiger partial charge on any atom is 0.292 e. The van der Waals surface area contributed by atoms with E-state index in [4.69, 9.17) is 4.74 Å². The molecule has 0 bridgehead atoms. The molecule has 1 N–H and O–H groups in total. The molecule has 1 amide bonds. The van der Waals surface area contributed by atoms with Crippen LogP contribution < -0.4 is 10.1 Å². The van der Waals surface area contributed by atoms with Crippen LogP contribution in [0.2, 0.25) is 0 Å². The lowest BCUT2D eigenvalue weighted by molar-refractivity contribution is -0.383. The molecule has 2 aromatic carbocycles. The van der Waals surface area contributed by atoms with Crippen molar-refractivity contribution in [2.24, 2.45) is 0 Å². The zero-order valence-electron chi connectivity index (χ0n) is 12.8. The minimum Gasteiger partial charge on any atom is -0.494 e. The van der Waals surface area contributed by atoms with Crippen molar-refractivity contribution in [1.29, 1.82) is 0 Å². The molecule has 6 nitrogen and oxygen atoms in total. The molecule has 0 aliphatic rings. The molecule has 2 rings (SSSR count). The molecule has 0 saturated heterocycles. The summed E-state index contributed by atoms with van der Waals surface area (Å²) in [5.74, 6) is 0.488. The van der Waals surface area contributed by atoms with Crippen molar-refractivity contribution in [3.8, 4) is 5.75 Å². The third-order valence-corrected chi connectivity index (χ3v) is 3.21. The highest BCUT2D eigenvalue weighted by molar-refractivity contribution is 5.92. The number of aryl methyl sites for hydroxylation is 1. The number of amides is 1. The van der Waals surface area contributed by atoms with Gasteiger partial charge in [0.05, 0.1) is 11.5 Å². The first kappa shape index (κ1) is 16.5. The van der Waals surface area contributed by atoms with Crippen LogP contribution in [0.4, 0.5) is 11.4 Å². The van der Waals surface area contributed by atoms with Gasteiger partial charge in [-0.1, -0.05) is 29.8 Å². The third kappa shape index (κ3) is 5.10. The molecule has 120 valence electrons. The molecule has 23 heavy (non-hydrogen) atoms. The Kier molecular flexibility index (Phi) is 5.68. The van der Waals surface area contributed by atoms with Gasteiger partial charge in [-0.05, 0) is 31.5 Å². The van der Waals surface area contributed by atoms with Crippen molar-refractivity contribution in [3.63, 3.8) is 0 Å². The first-order valence-electron chi connectivity index (χ1n) is 7.29. The minimum atomic E-state index is -0.518. The maximum absolute atomic E-state index is 11.9. The summed E-state index contributed by atoms with van der Waals surface area (Å²) in [4.78, 5) is 22.2. The fraction of sp³-hybridized carbons (Fsp3) is 0.235. The van der Waals surface area contributed by atoms with Gasteiger partial charge in [0.25, 0.3) is 5.69 Å². The van der Waals surface area contributed by atoms with Crippen LogP contribution in [0.25, 0.3) is 0 Å². The smallest absolute Gasteiger partial charge is 0.292 e. The van der Waals surface area contributed by atoms with Gasteiger partial charge >= 0.3 is 0 Å². The molecule has 0 atom stereocenters. The van der Waals surface area contributed by atoms with Crippen molar-refractivity contribution in [3.05, 3.63) is 64.2 Å². The Balaban J connectivity index is 1.77. The number of nitrogens with zero attached hydrogens (tertiary/aromatic N) is 1. The molecule has 0 aliphatic heterocycles. The van der Waals surface area contributed by atoms with Crippen molar-refractivity contribution < 1.29 is 14.5 Å². The van der Waals surface area contributed by atoms with Crippen LogP contribution in [0.5, 0.6) is 5.75 Å². The van der Waals surface area contributed by atoms with E-state index in [9.17, 15) is 14.9 Å². The van der Waals surface area contributed by atoms with Crippen molar-refractivity contribution in [1.82, 2.24) is 0 Å². The predicted octanol–water partition coefficient (Wildman–Crippen LogP) is 3.70. The fourth-order valence-corrected chi connectivity index (χ4v) is 2.01. The summed E-state index contributed by atoms with van der Waals surface area (Å²) in [5.41, 5.74) is 1.25. The van der Waals surface area contributed by atoms with Gasteiger partial charge in [-0.3, -0.25) is 14.9 Å². The number of hydrogen-bond acceptors (Lipinski definition) is 4. The van der Waals surface area contributed by atoms with E-state index in [0.29, 0.717) is 13.0 Å². The number of rotatable bonds is 7. The Morgan fingerprint density at radius 1 is 1.17 bits per heavy atom. The summed E-state index contributed by atoms with van der Waals surface area (Å²) >= 11 is 0. The summed E-state index contributed by atoms with van der Waals surface area (Å²) in [6.45, 7) is 2.41. The average molecular weight is 314 g/mol. The monoisotopic (exact) mass is 314 g/mol. The highest BCUT2D eigenvalue weighted by Gasteiger charge is 2.14. The Bertz CT molecular complexity index is 683. The van der Waals surface area contributed by atoms with E-state index < -0.39 is 4.92 Å². The van der Waals surface area contributed by atoms with Crippen LogP contribution in [0.15, 0.2) is 48.5 Å². The SMILES string of the molecule is Cc1ccc(OCCCC(=O)Nc2ccccc2[N+](=O)[O-])cc1.